The summed E-state index contributed by atoms with van der Waals surface area (Å²) >= 11 is 11.6. The highest BCUT2D eigenvalue weighted by molar-refractivity contribution is 6.32. The van der Waals surface area contributed by atoms with E-state index in [1.54, 1.807) is 24.3 Å². The highest BCUT2D eigenvalue weighted by atomic mass is 35.5. The molecule has 0 fully saturated rings. The second-order valence-corrected chi connectivity index (χ2v) is 5.92. The van der Waals surface area contributed by atoms with Gasteiger partial charge in [-0.2, -0.15) is 0 Å². The van der Waals surface area contributed by atoms with E-state index < -0.39 is 29.0 Å². The van der Waals surface area contributed by atoms with Crippen molar-refractivity contribution in [1.82, 2.24) is 5.32 Å². The number of nitrogens with zero attached hydrogens (tertiary/aromatic N) is 1. The monoisotopic (exact) mass is 412 g/mol. The lowest BCUT2D eigenvalue weighted by atomic mass is 10.2. The maximum atomic E-state index is 12.0. The quantitative estimate of drug-likeness (QED) is 0.308. The molecule has 27 heavy (non-hydrogen) atoms. The van der Waals surface area contributed by atoms with Crippen LogP contribution in [0.5, 0.6) is 5.75 Å². The third kappa shape index (κ3) is 6.12. The minimum absolute atomic E-state index is 0.000882. The maximum Gasteiger partial charge on any atom is 0.325 e. The summed E-state index contributed by atoms with van der Waals surface area (Å²) in [4.78, 5) is 33.7. The van der Waals surface area contributed by atoms with Crippen LogP contribution in [0.15, 0.2) is 42.5 Å². The van der Waals surface area contributed by atoms with E-state index in [1.165, 1.54) is 12.1 Å². The average molecular weight is 413 g/mol. The minimum atomic E-state index is -0.702. The number of para-hydroxylation sites is 1. The lowest BCUT2D eigenvalue weighted by Crippen LogP contribution is -2.31. The number of amides is 1. The molecule has 0 aliphatic heterocycles. The summed E-state index contributed by atoms with van der Waals surface area (Å²) in [6, 6.07) is 10.4. The van der Waals surface area contributed by atoms with Crippen molar-refractivity contribution < 1.29 is 24.0 Å². The fourth-order valence-electron chi connectivity index (χ4n) is 1.97. The Labute approximate surface area is 164 Å². The van der Waals surface area contributed by atoms with Crippen LogP contribution in [0, 0.1) is 10.1 Å². The summed E-state index contributed by atoms with van der Waals surface area (Å²) in [5.74, 6) is -0.888. The smallest absolute Gasteiger partial charge is 0.325 e. The molecule has 10 heteroatoms. The van der Waals surface area contributed by atoms with Crippen molar-refractivity contribution in [3.8, 4) is 5.75 Å². The number of nitrogens with one attached hydrogen (secondary N) is 1. The summed E-state index contributed by atoms with van der Waals surface area (Å²) in [7, 11) is 0. The lowest BCUT2D eigenvalue weighted by Gasteiger charge is -2.09. The number of halogens is 2. The number of carbonyl (C=O) groups excluding carboxylic acids is 2. The fourth-order valence-corrected chi connectivity index (χ4v) is 2.35. The number of hydrogen-bond donors (Lipinski definition) is 1. The number of benzene rings is 2. The van der Waals surface area contributed by atoms with Gasteiger partial charge in [0.2, 0.25) is 0 Å². The maximum absolute atomic E-state index is 12.0. The molecule has 0 saturated heterocycles. The van der Waals surface area contributed by atoms with Crippen LogP contribution < -0.4 is 10.1 Å². The van der Waals surface area contributed by atoms with Gasteiger partial charge in [0.25, 0.3) is 11.6 Å². The van der Waals surface area contributed by atoms with Crippen molar-refractivity contribution >= 4 is 40.8 Å². The summed E-state index contributed by atoms with van der Waals surface area (Å²) in [5, 5.41) is 13.5. The van der Waals surface area contributed by atoms with Gasteiger partial charge in [0.05, 0.1) is 9.95 Å². The first-order chi connectivity index (χ1) is 12.9. The van der Waals surface area contributed by atoms with Crippen molar-refractivity contribution in [1.29, 1.82) is 0 Å². The van der Waals surface area contributed by atoms with Crippen LogP contribution in [-0.4, -0.2) is 36.6 Å². The van der Waals surface area contributed by atoms with Crippen molar-refractivity contribution in [2.24, 2.45) is 0 Å². The lowest BCUT2D eigenvalue weighted by molar-refractivity contribution is -0.384. The molecule has 2 aromatic rings. The van der Waals surface area contributed by atoms with Gasteiger partial charge in [-0.25, -0.2) is 0 Å². The summed E-state index contributed by atoms with van der Waals surface area (Å²) in [6.45, 7) is -0.347. The number of esters is 1. The van der Waals surface area contributed by atoms with E-state index in [4.69, 9.17) is 32.7 Å². The van der Waals surface area contributed by atoms with E-state index in [0.717, 1.165) is 6.07 Å². The fraction of sp³-hybridized carbons (Fsp3) is 0.176. The molecule has 1 N–H and O–H groups in total. The van der Waals surface area contributed by atoms with Crippen LogP contribution in [-0.2, 0) is 9.53 Å². The largest absolute Gasteiger partial charge is 0.488 e. The molecule has 0 aliphatic carbocycles. The van der Waals surface area contributed by atoms with Gasteiger partial charge in [0, 0.05) is 11.6 Å². The van der Waals surface area contributed by atoms with Gasteiger partial charge in [0.15, 0.2) is 0 Å². The van der Waals surface area contributed by atoms with Gasteiger partial charge < -0.3 is 14.8 Å². The molecule has 2 aromatic carbocycles. The zero-order valence-electron chi connectivity index (χ0n) is 13.8. The Balaban J connectivity index is 1.75. The Hall–Kier alpha value is -2.84. The molecule has 0 saturated carbocycles. The summed E-state index contributed by atoms with van der Waals surface area (Å²) in [6.07, 6.45) is 0. The summed E-state index contributed by atoms with van der Waals surface area (Å²) in [5.41, 5.74) is -0.399. The Kier molecular flexibility index (Phi) is 7.39. The van der Waals surface area contributed by atoms with Gasteiger partial charge in [-0.15, -0.1) is 0 Å². The summed E-state index contributed by atoms with van der Waals surface area (Å²) < 4.78 is 10.3. The SMILES string of the molecule is O=C(CNC(=O)c1ccc(Cl)c([N+](=O)[O-])c1)OCCOc1ccccc1Cl. The van der Waals surface area contributed by atoms with E-state index in [0.29, 0.717) is 10.8 Å². The van der Waals surface area contributed by atoms with Crippen molar-refractivity contribution in [2.45, 2.75) is 0 Å². The normalized spacial score (nSPS) is 10.1. The Morgan fingerprint density at radius 2 is 1.81 bits per heavy atom. The highest BCUT2D eigenvalue weighted by Crippen LogP contribution is 2.25. The van der Waals surface area contributed by atoms with E-state index >= 15 is 0 Å². The van der Waals surface area contributed by atoms with Crippen molar-refractivity contribution in [3.63, 3.8) is 0 Å². The van der Waals surface area contributed by atoms with Crippen LogP contribution >= 0.6 is 23.2 Å². The zero-order valence-corrected chi connectivity index (χ0v) is 15.3. The van der Waals surface area contributed by atoms with E-state index in [2.05, 4.69) is 5.32 Å². The molecule has 0 unspecified atom stereocenters. The van der Waals surface area contributed by atoms with Crippen LogP contribution in [0.4, 0.5) is 5.69 Å². The van der Waals surface area contributed by atoms with Gasteiger partial charge in [-0.05, 0) is 24.3 Å². The van der Waals surface area contributed by atoms with Gasteiger partial charge in [0.1, 0.15) is 30.5 Å². The van der Waals surface area contributed by atoms with E-state index in [-0.39, 0.29) is 23.8 Å². The molecule has 8 nitrogen and oxygen atoms in total. The first-order valence-electron chi connectivity index (χ1n) is 7.63. The third-order valence-electron chi connectivity index (χ3n) is 3.24. The molecular formula is C17H14Cl2N2O6. The minimum Gasteiger partial charge on any atom is -0.488 e. The zero-order chi connectivity index (χ0) is 19.8. The van der Waals surface area contributed by atoms with Gasteiger partial charge in [-0.1, -0.05) is 35.3 Å². The molecular weight excluding hydrogens is 399 g/mol. The number of rotatable bonds is 8. The standard InChI is InChI=1S/C17H14Cl2N2O6/c18-12-6-5-11(9-14(12)21(24)25)17(23)20-10-16(22)27-8-7-26-15-4-2-1-3-13(15)19/h1-6,9H,7-8,10H2,(H,20,23). The molecule has 0 atom stereocenters. The molecule has 0 bridgehead atoms. The van der Waals surface area contributed by atoms with Gasteiger partial charge in [-0.3, -0.25) is 19.7 Å². The molecule has 0 radical (unpaired) electrons. The molecule has 0 heterocycles. The molecule has 142 valence electrons. The molecule has 1 amide bonds. The van der Waals surface area contributed by atoms with Crippen LogP contribution in [0.1, 0.15) is 10.4 Å². The predicted octanol–water partition coefficient (Wildman–Crippen LogP) is 3.25. The van der Waals surface area contributed by atoms with Gasteiger partial charge >= 0.3 is 5.97 Å². The van der Waals surface area contributed by atoms with E-state index in [9.17, 15) is 19.7 Å². The number of ether oxygens (including phenoxy) is 2. The molecule has 0 aliphatic rings. The highest BCUT2D eigenvalue weighted by Gasteiger charge is 2.17. The molecule has 0 spiro atoms. The van der Waals surface area contributed by atoms with Crippen molar-refractivity contribution in [2.75, 3.05) is 19.8 Å². The van der Waals surface area contributed by atoms with Crippen LogP contribution in [0.2, 0.25) is 10.0 Å². The van der Waals surface area contributed by atoms with Crippen LogP contribution in [0.25, 0.3) is 0 Å². The predicted molar refractivity (Wildman–Crippen MR) is 98.3 cm³/mol. The first-order valence-corrected chi connectivity index (χ1v) is 8.39. The Morgan fingerprint density at radius 1 is 1.07 bits per heavy atom. The first kappa shape index (κ1) is 20.5. The average Bonchev–Trinajstić information content (AvgIpc) is 2.64. The number of nitro groups is 1. The number of hydrogen-bond acceptors (Lipinski definition) is 6. The molecule has 2 rings (SSSR count). The third-order valence-corrected chi connectivity index (χ3v) is 3.87. The Morgan fingerprint density at radius 3 is 2.52 bits per heavy atom. The Bertz CT molecular complexity index is 859. The molecule has 0 aromatic heterocycles. The topological polar surface area (TPSA) is 108 Å². The van der Waals surface area contributed by atoms with Crippen LogP contribution in [0.3, 0.4) is 0 Å². The second kappa shape index (κ2) is 9.75. The van der Waals surface area contributed by atoms with E-state index in [1.807, 2.05) is 0 Å². The number of nitro benzene ring substituents is 1. The van der Waals surface area contributed by atoms with Crippen molar-refractivity contribution in [3.05, 3.63) is 68.2 Å². The number of carbonyl (C=O) groups is 2. The second-order valence-electron chi connectivity index (χ2n) is 5.11.